The first kappa shape index (κ1) is 6.07. The molecule has 44 valence electrons. The number of halogens is 1. The molecular weight excluding hydrogens is 215 g/mol. The highest BCUT2D eigenvalue weighted by Gasteiger charge is 1.94. The van der Waals surface area contributed by atoms with E-state index < -0.39 is 0 Å². The molecule has 0 saturated carbocycles. The van der Waals surface area contributed by atoms with Crippen LogP contribution in [0.25, 0.3) is 0 Å². The molecule has 0 spiro atoms. The van der Waals surface area contributed by atoms with Crippen molar-refractivity contribution >= 4 is 22.6 Å². The van der Waals surface area contributed by atoms with Crippen molar-refractivity contribution in [2.24, 2.45) is 0 Å². The summed E-state index contributed by atoms with van der Waals surface area (Å²) in [5.74, 6) is 0. The second kappa shape index (κ2) is 2.48. The Kier molecular flexibility index (Phi) is 1.88. The lowest BCUT2D eigenvalue weighted by Crippen LogP contribution is -1.75. The molecule has 1 aromatic rings. The maximum absolute atomic E-state index is 3.86. The second-order valence-corrected chi connectivity index (χ2v) is 2.42. The third-order valence-corrected chi connectivity index (χ3v) is 1.90. The molecule has 1 aromatic heterocycles. The number of alkyl halides is 1. The smallest absolute Gasteiger partial charge is 0.0529 e. The minimum atomic E-state index is 1.04. The Labute approximate surface area is 61.8 Å². The van der Waals surface area contributed by atoms with Gasteiger partial charge in [0.15, 0.2) is 0 Å². The number of aromatic amines is 1. The Morgan fingerprint density at radius 2 is 2.62 bits per heavy atom. The first-order valence-electron chi connectivity index (χ1n) is 2.39. The highest BCUT2D eigenvalue weighted by atomic mass is 127. The average molecular weight is 222 g/mol. The summed E-state index contributed by atoms with van der Waals surface area (Å²) >= 11 is 2.32. The summed E-state index contributed by atoms with van der Waals surface area (Å²) in [5, 5.41) is 6.73. The summed E-state index contributed by atoms with van der Waals surface area (Å²) in [6, 6.07) is 0. The van der Waals surface area contributed by atoms with E-state index in [1.54, 1.807) is 0 Å². The van der Waals surface area contributed by atoms with E-state index in [4.69, 9.17) is 0 Å². The molecule has 0 radical (unpaired) electrons. The lowest BCUT2D eigenvalue weighted by atomic mass is 10.3. The van der Waals surface area contributed by atoms with Crippen LogP contribution in [0.5, 0.6) is 0 Å². The van der Waals surface area contributed by atoms with Crippen LogP contribution in [0.15, 0.2) is 6.20 Å². The van der Waals surface area contributed by atoms with Gasteiger partial charge in [-0.2, -0.15) is 5.10 Å². The SMILES string of the molecule is Cc1[nH]ncc1CI. The Morgan fingerprint density at radius 1 is 1.88 bits per heavy atom. The van der Waals surface area contributed by atoms with E-state index in [0.717, 1.165) is 4.43 Å². The van der Waals surface area contributed by atoms with Crippen LogP contribution in [-0.2, 0) is 4.43 Å². The maximum Gasteiger partial charge on any atom is 0.0529 e. The largest absolute Gasteiger partial charge is 0.283 e. The van der Waals surface area contributed by atoms with Gasteiger partial charge in [-0.15, -0.1) is 0 Å². The molecule has 0 aliphatic heterocycles. The summed E-state index contributed by atoms with van der Waals surface area (Å²) in [5.41, 5.74) is 2.48. The van der Waals surface area contributed by atoms with E-state index in [2.05, 4.69) is 32.8 Å². The lowest BCUT2D eigenvalue weighted by molar-refractivity contribution is 1.04. The summed E-state index contributed by atoms with van der Waals surface area (Å²) in [6.07, 6.45) is 1.86. The predicted octanol–water partition coefficient (Wildman–Crippen LogP) is 1.65. The molecule has 0 amide bonds. The summed E-state index contributed by atoms with van der Waals surface area (Å²) in [7, 11) is 0. The molecular formula is C5H7IN2. The van der Waals surface area contributed by atoms with Gasteiger partial charge >= 0.3 is 0 Å². The normalized spacial score (nSPS) is 9.75. The number of H-pyrrole nitrogens is 1. The molecule has 2 nitrogen and oxygen atoms in total. The second-order valence-electron chi connectivity index (χ2n) is 1.65. The van der Waals surface area contributed by atoms with Gasteiger partial charge in [0.2, 0.25) is 0 Å². The highest BCUT2D eigenvalue weighted by Crippen LogP contribution is 2.06. The van der Waals surface area contributed by atoms with Crippen molar-refractivity contribution in [1.29, 1.82) is 0 Å². The van der Waals surface area contributed by atoms with Crippen molar-refractivity contribution in [3.63, 3.8) is 0 Å². The van der Waals surface area contributed by atoms with Crippen molar-refractivity contribution in [3.05, 3.63) is 17.5 Å². The van der Waals surface area contributed by atoms with Gasteiger partial charge in [0, 0.05) is 15.7 Å². The molecule has 3 heteroatoms. The van der Waals surface area contributed by atoms with E-state index in [9.17, 15) is 0 Å². The molecule has 0 bridgehead atoms. The molecule has 0 aliphatic rings. The average Bonchev–Trinajstić information content (AvgIpc) is 2.14. The van der Waals surface area contributed by atoms with Crippen LogP contribution in [0.3, 0.4) is 0 Å². The van der Waals surface area contributed by atoms with E-state index in [1.165, 1.54) is 11.3 Å². The molecule has 0 saturated heterocycles. The van der Waals surface area contributed by atoms with E-state index in [0.29, 0.717) is 0 Å². The zero-order valence-corrected chi connectivity index (χ0v) is 6.77. The van der Waals surface area contributed by atoms with Crippen molar-refractivity contribution in [3.8, 4) is 0 Å². The molecule has 0 aliphatic carbocycles. The third kappa shape index (κ3) is 1.02. The summed E-state index contributed by atoms with van der Waals surface area (Å²) < 4.78 is 1.04. The molecule has 0 aromatic carbocycles. The zero-order chi connectivity index (χ0) is 5.98. The standard InChI is InChI=1S/C5H7IN2/c1-4-5(2-6)3-7-8-4/h3H,2H2,1H3,(H,7,8). The highest BCUT2D eigenvalue weighted by molar-refractivity contribution is 14.1. The first-order valence-corrected chi connectivity index (χ1v) is 3.92. The number of aryl methyl sites for hydroxylation is 1. The van der Waals surface area contributed by atoms with Gasteiger partial charge in [-0.05, 0) is 6.92 Å². The third-order valence-electron chi connectivity index (χ3n) is 1.08. The van der Waals surface area contributed by atoms with Gasteiger partial charge in [0.25, 0.3) is 0 Å². The summed E-state index contributed by atoms with van der Waals surface area (Å²) in [6.45, 7) is 2.03. The monoisotopic (exact) mass is 222 g/mol. The minimum absolute atomic E-state index is 1.04. The molecule has 1 heterocycles. The number of nitrogens with one attached hydrogen (secondary N) is 1. The van der Waals surface area contributed by atoms with Crippen LogP contribution >= 0.6 is 22.6 Å². The number of aromatic nitrogens is 2. The van der Waals surface area contributed by atoms with Crippen LogP contribution in [-0.4, -0.2) is 10.2 Å². The van der Waals surface area contributed by atoms with Gasteiger partial charge < -0.3 is 0 Å². The Balaban J connectivity index is 2.92. The molecule has 8 heavy (non-hydrogen) atoms. The van der Waals surface area contributed by atoms with Crippen LogP contribution < -0.4 is 0 Å². The Bertz CT molecular complexity index is 171. The van der Waals surface area contributed by atoms with E-state index in [1.807, 2.05) is 13.1 Å². The molecule has 0 fully saturated rings. The number of rotatable bonds is 1. The minimum Gasteiger partial charge on any atom is -0.283 e. The van der Waals surface area contributed by atoms with Gasteiger partial charge in [-0.1, -0.05) is 22.6 Å². The number of hydrogen-bond donors (Lipinski definition) is 1. The van der Waals surface area contributed by atoms with Gasteiger partial charge in [0.05, 0.1) is 6.20 Å². The molecule has 0 unspecified atom stereocenters. The molecule has 1 rings (SSSR count). The van der Waals surface area contributed by atoms with Gasteiger partial charge in [0.1, 0.15) is 0 Å². The fourth-order valence-corrected chi connectivity index (χ4v) is 1.28. The topological polar surface area (TPSA) is 28.7 Å². The predicted molar refractivity (Wildman–Crippen MR) is 41.0 cm³/mol. The fraction of sp³-hybridized carbons (Fsp3) is 0.400. The zero-order valence-electron chi connectivity index (χ0n) is 4.61. The number of nitrogens with zero attached hydrogens (tertiary/aromatic N) is 1. The van der Waals surface area contributed by atoms with Crippen LogP contribution in [0, 0.1) is 6.92 Å². The van der Waals surface area contributed by atoms with Crippen molar-refractivity contribution in [2.45, 2.75) is 11.4 Å². The Morgan fingerprint density at radius 3 is 2.88 bits per heavy atom. The van der Waals surface area contributed by atoms with E-state index in [-0.39, 0.29) is 0 Å². The number of hydrogen-bond acceptors (Lipinski definition) is 1. The van der Waals surface area contributed by atoms with Crippen molar-refractivity contribution in [1.82, 2.24) is 10.2 Å². The van der Waals surface area contributed by atoms with Crippen molar-refractivity contribution in [2.75, 3.05) is 0 Å². The fourth-order valence-electron chi connectivity index (χ4n) is 0.510. The van der Waals surface area contributed by atoms with Gasteiger partial charge in [-0.3, -0.25) is 5.10 Å². The maximum atomic E-state index is 3.86. The molecule has 0 atom stereocenters. The molecule has 1 N–H and O–H groups in total. The van der Waals surface area contributed by atoms with Crippen LogP contribution in [0.4, 0.5) is 0 Å². The quantitative estimate of drug-likeness (QED) is 0.568. The van der Waals surface area contributed by atoms with Crippen molar-refractivity contribution < 1.29 is 0 Å². The first-order chi connectivity index (χ1) is 3.84. The Hall–Kier alpha value is -0.0600. The summed E-state index contributed by atoms with van der Waals surface area (Å²) in [4.78, 5) is 0. The van der Waals surface area contributed by atoms with Crippen LogP contribution in [0.1, 0.15) is 11.3 Å². The van der Waals surface area contributed by atoms with Gasteiger partial charge in [-0.25, -0.2) is 0 Å². The lowest BCUT2D eigenvalue weighted by Gasteiger charge is -1.85. The van der Waals surface area contributed by atoms with E-state index >= 15 is 0 Å². The van der Waals surface area contributed by atoms with Crippen LogP contribution in [0.2, 0.25) is 0 Å².